The first-order valence-electron chi connectivity index (χ1n) is 25.9. The molecule has 5 nitrogen and oxygen atoms in total. The molecule has 0 aromatic heterocycles. The molecule has 1 atom stereocenters. The highest BCUT2D eigenvalue weighted by atomic mass is 16.6. The molecule has 0 aromatic carbocycles. The van der Waals surface area contributed by atoms with Crippen LogP contribution in [0.3, 0.4) is 0 Å². The number of hydrogen-bond acceptors (Lipinski definition) is 5. The van der Waals surface area contributed by atoms with Gasteiger partial charge in [0.2, 0.25) is 0 Å². The summed E-state index contributed by atoms with van der Waals surface area (Å²) < 4.78 is 10.6. The lowest BCUT2D eigenvalue weighted by molar-refractivity contribution is -0.161. The predicted octanol–water partition coefficient (Wildman–Crippen LogP) is 17.4. The maximum atomic E-state index is 12.2. The first-order chi connectivity index (χ1) is 31.1. The van der Waals surface area contributed by atoms with Gasteiger partial charge in [0.15, 0.2) is 6.10 Å². The second-order valence-electron chi connectivity index (χ2n) is 16.9. The molecule has 0 rings (SSSR count). The summed E-state index contributed by atoms with van der Waals surface area (Å²) in [6, 6.07) is 0. The standard InChI is InChI=1S/C58H96O5/c1-3-5-7-9-11-13-15-16-17-18-19-20-21-22-23-24-25-26-27-28-29-30-31-32-33-34-35-36-37-38-39-40-41-42-43-45-47-49-51-53-58(61)63-56(54-59)55-62-57(60)52-50-48-46-44-14-12-10-8-6-4-2/h5,7,11,13,16-17,19-20,22-23,25-26,28-29,31-32,34-35,56,59H,3-4,6,8-10,12,14-15,18,21,24,27,30,33,36-55H2,1-2H3/b7-5-,13-11-,17-16-,20-19-,23-22-,26-25-,29-28-,32-31-,35-34-. The van der Waals surface area contributed by atoms with Crippen LogP contribution in [0.15, 0.2) is 109 Å². The Kier molecular flexibility index (Phi) is 50.0. The van der Waals surface area contributed by atoms with Gasteiger partial charge in [-0.05, 0) is 83.5 Å². The molecule has 0 saturated carbocycles. The summed E-state index contributed by atoms with van der Waals surface area (Å²) in [7, 11) is 0. The molecular weight excluding hydrogens is 777 g/mol. The highest BCUT2D eigenvalue weighted by Gasteiger charge is 2.16. The van der Waals surface area contributed by atoms with Crippen molar-refractivity contribution in [1.29, 1.82) is 0 Å². The van der Waals surface area contributed by atoms with E-state index in [1.807, 2.05) is 0 Å². The van der Waals surface area contributed by atoms with Gasteiger partial charge in [-0.1, -0.05) is 239 Å². The van der Waals surface area contributed by atoms with Crippen LogP contribution in [0.25, 0.3) is 0 Å². The van der Waals surface area contributed by atoms with Crippen LogP contribution in [-0.2, 0) is 19.1 Å². The average Bonchev–Trinajstić information content (AvgIpc) is 3.29. The molecule has 0 bridgehead atoms. The van der Waals surface area contributed by atoms with Crippen LogP contribution < -0.4 is 0 Å². The van der Waals surface area contributed by atoms with Crippen molar-refractivity contribution in [3.05, 3.63) is 109 Å². The van der Waals surface area contributed by atoms with E-state index in [0.717, 1.165) is 96.3 Å². The fraction of sp³-hybridized carbons (Fsp3) is 0.655. The number of ether oxygens (including phenoxy) is 2. The van der Waals surface area contributed by atoms with Gasteiger partial charge in [0, 0.05) is 12.8 Å². The number of aliphatic hydroxyl groups is 1. The van der Waals surface area contributed by atoms with Gasteiger partial charge >= 0.3 is 11.9 Å². The lowest BCUT2D eigenvalue weighted by Crippen LogP contribution is -2.28. The second kappa shape index (κ2) is 52.9. The van der Waals surface area contributed by atoms with E-state index in [4.69, 9.17) is 9.47 Å². The quantitative estimate of drug-likeness (QED) is 0.0375. The Morgan fingerprint density at radius 3 is 1.03 bits per heavy atom. The zero-order chi connectivity index (χ0) is 45.6. The van der Waals surface area contributed by atoms with Gasteiger partial charge < -0.3 is 14.6 Å². The van der Waals surface area contributed by atoms with Crippen LogP contribution in [0.4, 0.5) is 0 Å². The zero-order valence-electron chi connectivity index (χ0n) is 40.8. The summed E-state index contributed by atoms with van der Waals surface area (Å²) in [6.45, 7) is 4.00. The third-order valence-electron chi connectivity index (χ3n) is 10.8. The van der Waals surface area contributed by atoms with Gasteiger partial charge in [0.25, 0.3) is 0 Å². The molecule has 5 heteroatoms. The third kappa shape index (κ3) is 51.1. The smallest absolute Gasteiger partial charge is 0.306 e. The monoisotopic (exact) mass is 873 g/mol. The van der Waals surface area contributed by atoms with Crippen LogP contribution in [0.5, 0.6) is 0 Å². The Morgan fingerprint density at radius 1 is 0.381 bits per heavy atom. The van der Waals surface area contributed by atoms with Gasteiger partial charge in [-0.15, -0.1) is 0 Å². The van der Waals surface area contributed by atoms with E-state index in [2.05, 4.69) is 123 Å². The number of esters is 2. The Hall–Kier alpha value is -3.44. The summed E-state index contributed by atoms with van der Waals surface area (Å²) >= 11 is 0. The van der Waals surface area contributed by atoms with E-state index in [1.54, 1.807) is 0 Å². The Bertz CT molecular complexity index is 1260. The first-order valence-corrected chi connectivity index (χ1v) is 25.9. The molecule has 0 radical (unpaired) electrons. The van der Waals surface area contributed by atoms with Crippen LogP contribution >= 0.6 is 0 Å². The Labute approximate surface area is 389 Å². The van der Waals surface area contributed by atoms with Crippen molar-refractivity contribution >= 4 is 11.9 Å². The van der Waals surface area contributed by atoms with Gasteiger partial charge in [0.05, 0.1) is 6.61 Å². The number of carbonyl (C=O) groups excluding carboxylic acids is 2. The molecule has 0 aliphatic carbocycles. The summed E-state index contributed by atoms with van der Waals surface area (Å²) in [4.78, 5) is 24.3. The van der Waals surface area contributed by atoms with Crippen LogP contribution in [-0.4, -0.2) is 36.4 Å². The normalized spacial score (nSPS) is 13.1. The number of rotatable bonds is 46. The number of unbranched alkanes of at least 4 members (excludes halogenated alkanes) is 20. The lowest BCUT2D eigenvalue weighted by atomic mass is 10.0. The fourth-order valence-electron chi connectivity index (χ4n) is 6.96. The summed E-state index contributed by atoms with van der Waals surface area (Å²) in [5, 5.41) is 9.58. The molecule has 0 saturated heterocycles. The highest BCUT2D eigenvalue weighted by Crippen LogP contribution is 2.14. The van der Waals surface area contributed by atoms with E-state index in [9.17, 15) is 14.7 Å². The molecule has 0 fully saturated rings. The summed E-state index contributed by atoms with van der Waals surface area (Å²) in [5.74, 6) is -0.598. The third-order valence-corrected chi connectivity index (χ3v) is 10.8. The molecule has 1 N–H and O–H groups in total. The Balaban J connectivity index is 3.56. The minimum Gasteiger partial charge on any atom is -0.462 e. The van der Waals surface area contributed by atoms with E-state index >= 15 is 0 Å². The largest absolute Gasteiger partial charge is 0.462 e. The molecule has 358 valence electrons. The topological polar surface area (TPSA) is 72.8 Å². The summed E-state index contributed by atoms with van der Waals surface area (Å²) in [6.07, 6.45) is 76.3. The van der Waals surface area contributed by atoms with Crippen molar-refractivity contribution < 1.29 is 24.2 Å². The maximum Gasteiger partial charge on any atom is 0.306 e. The maximum absolute atomic E-state index is 12.2. The van der Waals surface area contributed by atoms with Crippen molar-refractivity contribution in [2.75, 3.05) is 13.2 Å². The van der Waals surface area contributed by atoms with Crippen molar-refractivity contribution in [3.8, 4) is 0 Å². The number of hydrogen-bond donors (Lipinski definition) is 1. The molecule has 0 spiro atoms. The summed E-state index contributed by atoms with van der Waals surface area (Å²) in [5.41, 5.74) is 0. The predicted molar refractivity (Wildman–Crippen MR) is 274 cm³/mol. The molecule has 0 heterocycles. The minimum absolute atomic E-state index is 0.0690. The van der Waals surface area contributed by atoms with Gasteiger partial charge in [-0.2, -0.15) is 0 Å². The van der Waals surface area contributed by atoms with Gasteiger partial charge in [0.1, 0.15) is 6.61 Å². The van der Waals surface area contributed by atoms with Crippen molar-refractivity contribution in [2.45, 2.75) is 232 Å². The first kappa shape index (κ1) is 59.6. The van der Waals surface area contributed by atoms with Crippen LogP contribution in [0, 0.1) is 0 Å². The number of allylic oxidation sites excluding steroid dienone is 18. The molecular formula is C58H96O5. The van der Waals surface area contributed by atoms with E-state index in [0.29, 0.717) is 12.8 Å². The number of aliphatic hydroxyl groups excluding tert-OH is 1. The highest BCUT2D eigenvalue weighted by molar-refractivity contribution is 5.70. The molecule has 0 aliphatic heterocycles. The van der Waals surface area contributed by atoms with E-state index in [1.165, 1.54) is 103 Å². The van der Waals surface area contributed by atoms with Crippen molar-refractivity contribution in [3.63, 3.8) is 0 Å². The van der Waals surface area contributed by atoms with Crippen molar-refractivity contribution in [2.24, 2.45) is 0 Å². The van der Waals surface area contributed by atoms with Gasteiger partial charge in [-0.25, -0.2) is 0 Å². The van der Waals surface area contributed by atoms with Crippen LogP contribution in [0.1, 0.15) is 226 Å². The Morgan fingerprint density at radius 2 is 0.683 bits per heavy atom. The average molecular weight is 873 g/mol. The minimum atomic E-state index is -0.775. The molecule has 1 unspecified atom stereocenters. The van der Waals surface area contributed by atoms with E-state index in [-0.39, 0.29) is 25.2 Å². The lowest BCUT2D eigenvalue weighted by Gasteiger charge is -2.15. The van der Waals surface area contributed by atoms with E-state index < -0.39 is 6.10 Å². The SMILES string of the molecule is CC/C=C\C/C=C\C/C=C\C/C=C\C/C=C\C/C=C\C/C=C\C/C=C\C/C=C\CCCCCCCCCCCCCC(=O)OC(CO)COC(=O)CCCCCCCCCCCC. The zero-order valence-corrected chi connectivity index (χ0v) is 40.8. The molecule has 0 aliphatic rings. The molecule has 0 amide bonds. The second-order valence-corrected chi connectivity index (χ2v) is 16.9. The molecule has 63 heavy (non-hydrogen) atoms. The fourth-order valence-corrected chi connectivity index (χ4v) is 6.96. The number of carbonyl (C=O) groups is 2. The van der Waals surface area contributed by atoms with Crippen LogP contribution in [0.2, 0.25) is 0 Å². The van der Waals surface area contributed by atoms with Crippen molar-refractivity contribution in [1.82, 2.24) is 0 Å². The molecule has 0 aromatic rings. The van der Waals surface area contributed by atoms with Gasteiger partial charge in [-0.3, -0.25) is 9.59 Å².